The summed E-state index contributed by atoms with van der Waals surface area (Å²) >= 11 is 0. The number of benzene rings is 1. The molecule has 38 heavy (non-hydrogen) atoms. The number of esters is 1. The number of carbonyl (C=O) groups excluding carboxylic acids is 2. The maximum absolute atomic E-state index is 14.9. The van der Waals surface area contributed by atoms with Gasteiger partial charge in [0, 0.05) is 22.6 Å². The summed E-state index contributed by atoms with van der Waals surface area (Å²) in [6.07, 6.45) is -2.21. The van der Waals surface area contributed by atoms with Crippen LogP contribution in [0.5, 0.6) is 0 Å². The third-order valence-electron chi connectivity index (χ3n) is 6.88. The summed E-state index contributed by atoms with van der Waals surface area (Å²) in [6, 6.07) is 5.69. The van der Waals surface area contributed by atoms with E-state index < -0.39 is 41.1 Å². The van der Waals surface area contributed by atoms with Crippen LogP contribution < -0.4 is 10.9 Å². The van der Waals surface area contributed by atoms with Crippen LogP contribution >= 0.6 is 0 Å². The van der Waals surface area contributed by atoms with Gasteiger partial charge in [-0.15, -0.1) is 0 Å². The first-order valence-electron chi connectivity index (χ1n) is 11.6. The Balaban J connectivity index is 1.51. The van der Waals surface area contributed by atoms with Crippen molar-refractivity contribution in [2.45, 2.75) is 45.1 Å². The van der Waals surface area contributed by atoms with Crippen molar-refractivity contribution >= 4 is 34.6 Å². The van der Waals surface area contributed by atoms with Gasteiger partial charge >= 0.3 is 18.0 Å². The van der Waals surface area contributed by atoms with E-state index in [1.807, 2.05) is 0 Å². The summed E-state index contributed by atoms with van der Waals surface area (Å²) < 4.78 is 26.3. The van der Waals surface area contributed by atoms with E-state index in [1.54, 1.807) is 19.1 Å². The number of aromatic nitrogens is 2. The normalized spacial score (nSPS) is 18.2. The van der Waals surface area contributed by atoms with Crippen LogP contribution in [0.25, 0.3) is 22.3 Å². The molecule has 2 aliphatic rings. The fourth-order valence-electron chi connectivity index (χ4n) is 4.65. The Morgan fingerprint density at radius 3 is 2.74 bits per heavy atom. The number of nitrogens with one attached hydrogen (secondary N) is 1. The number of hydrogen-bond acceptors (Lipinski definition) is 8. The quantitative estimate of drug-likeness (QED) is 0.264. The number of aliphatic hydroxyl groups is 1. The van der Waals surface area contributed by atoms with E-state index in [-0.39, 0.29) is 47.5 Å². The van der Waals surface area contributed by atoms with Crippen LogP contribution in [0.1, 0.15) is 37.0 Å². The summed E-state index contributed by atoms with van der Waals surface area (Å²) in [5.41, 5.74) is -0.941. The molecule has 196 valence electrons. The lowest BCUT2D eigenvalue weighted by molar-refractivity contribution is -0.172. The van der Waals surface area contributed by atoms with Crippen molar-refractivity contribution in [1.82, 2.24) is 9.55 Å². The molecule has 2 aliphatic heterocycles. The Morgan fingerprint density at radius 2 is 2.05 bits per heavy atom. The molecule has 0 aliphatic carbocycles. The van der Waals surface area contributed by atoms with E-state index in [0.717, 1.165) is 6.07 Å². The van der Waals surface area contributed by atoms with Crippen LogP contribution in [0, 0.1) is 5.82 Å². The van der Waals surface area contributed by atoms with Crippen molar-refractivity contribution in [3.8, 4) is 11.4 Å². The van der Waals surface area contributed by atoms with Crippen molar-refractivity contribution in [3.63, 3.8) is 0 Å². The topological polar surface area (TPSA) is 157 Å². The number of carbonyl (C=O) groups is 3. The number of cyclic esters (lactones) is 1. The highest BCUT2D eigenvalue weighted by molar-refractivity contribution is 5.93. The second-order valence-corrected chi connectivity index (χ2v) is 9.13. The van der Waals surface area contributed by atoms with Gasteiger partial charge in [0.1, 0.15) is 18.5 Å². The van der Waals surface area contributed by atoms with Gasteiger partial charge in [-0.2, -0.15) is 0 Å². The molecule has 0 saturated carbocycles. The Kier molecular flexibility index (Phi) is 5.79. The average Bonchev–Trinajstić information content (AvgIpc) is 3.23. The second kappa shape index (κ2) is 8.77. The summed E-state index contributed by atoms with van der Waals surface area (Å²) in [5.74, 6) is -2.99. The van der Waals surface area contributed by atoms with Crippen molar-refractivity contribution in [1.29, 1.82) is 0 Å². The molecule has 5 rings (SSSR count). The second-order valence-electron chi connectivity index (χ2n) is 9.13. The number of fused-ring (bicyclic) bond motifs is 5. The molecular formula is C26H22FN3O8. The Labute approximate surface area is 214 Å². The number of hydrogen-bond donors (Lipinski definition) is 3. The smallest absolute Gasteiger partial charge is 0.412 e. The predicted molar refractivity (Wildman–Crippen MR) is 131 cm³/mol. The first-order valence-corrected chi connectivity index (χ1v) is 11.6. The molecule has 12 heteroatoms. The minimum absolute atomic E-state index is 0.00630. The summed E-state index contributed by atoms with van der Waals surface area (Å²) in [6.45, 7) is 6.14. The predicted octanol–water partition coefficient (Wildman–Crippen LogP) is 2.80. The summed E-state index contributed by atoms with van der Waals surface area (Å²) in [7, 11) is 0. The summed E-state index contributed by atoms with van der Waals surface area (Å²) in [5, 5.41) is 22.6. The number of ether oxygens (including phenoxy) is 2. The largest absolute Gasteiger partial charge is 0.478 e. The van der Waals surface area contributed by atoms with E-state index in [4.69, 9.17) is 14.6 Å². The van der Waals surface area contributed by atoms with E-state index in [0.29, 0.717) is 22.3 Å². The number of carboxylic acids is 1. The highest BCUT2D eigenvalue weighted by atomic mass is 19.1. The molecule has 1 amide bonds. The van der Waals surface area contributed by atoms with Gasteiger partial charge in [-0.05, 0) is 31.5 Å². The van der Waals surface area contributed by atoms with Crippen LogP contribution in [0.2, 0.25) is 0 Å². The van der Waals surface area contributed by atoms with E-state index in [1.165, 1.54) is 17.6 Å². The molecular weight excluding hydrogens is 501 g/mol. The molecule has 3 aromatic rings. The zero-order valence-corrected chi connectivity index (χ0v) is 20.3. The van der Waals surface area contributed by atoms with Gasteiger partial charge in [0.2, 0.25) is 0 Å². The highest BCUT2D eigenvalue weighted by Gasteiger charge is 2.45. The maximum Gasteiger partial charge on any atom is 0.412 e. The zero-order chi connectivity index (χ0) is 27.5. The van der Waals surface area contributed by atoms with Gasteiger partial charge in [-0.3, -0.25) is 10.1 Å². The molecule has 0 saturated heterocycles. The molecule has 0 spiro atoms. The maximum atomic E-state index is 14.9. The number of anilines is 1. The fraction of sp³-hybridized carbons (Fsp3) is 0.269. The van der Waals surface area contributed by atoms with Crippen LogP contribution in [-0.2, 0) is 37.8 Å². The monoisotopic (exact) mass is 523 g/mol. The molecule has 0 radical (unpaired) electrons. The molecule has 0 bridgehead atoms. The van der Waals surface area contributed by atoms with Crippen molar-refractivity contribution < 1.29 is 38.5 Å². The minimum Gasteiger partial charge on any atom is -0.478 e. The molecule has 4 heterocycles. The molecule has 2 atom stereocenters. The van der Waals surface area contributed by atoms with Crippen molar-refractivity contribution in [2.24, 2.45) is 0 Å². The van der Waals surface area contributed by atoms with Crippen LogP contribution in [0.15, 0.2) is 41.2 Å². The molecule has 1 aromatic carbocycles. The fourth-order valence-corrected chi connectivity index (χ4v) is 4.65. The Bertz CT molecular complexity index is 1650. The van der Waals surface area contributed by atoms with Crippen LogP contribution in [-0.4, -0.2) is 43.9 Å². The Morgan fingerprint density at radius 1 is 1.32 bits per heavy atom. The lowest BCUT2D eigenvalue weighted by atomic mass is 9.86. The van der Waals surface area contributed by atoms with Crippen molar-refractivity contribution in [2.75, 3.05) is 5.32 Å². The number of pyridine rings is 2. The molecule has 2 aromatic heterocycles. The van der Waals surface area contributed by atoms with E-state index >= 15 is 0 Å². The van der Waals surface area contributed by atoms with Crippen LogP contribution in [0.3, 0.4) is 0 Å². The van der Waals surface area contributed by atoms with Gasteiger partial charge in [-0.1, -0.05) is 13.5 Å². The minimum atomic E-state index is -1.96. The number of amides is 1. The standard InChI is InChI=1S/C26H22FN3O8/c1-4-26(36)16-7-20-21-14(9-30(20)22(31)15(16)10-37-24(26)34)5-13-6-19(17(27)8-18(13)28-21)29-25(35)38-12(3)11(2)23(32)33/h5-8,12,36H,2,4,9-10H2,1,3H3,(H,29,35)(H,32,33)/t12?,26-/m0/s1. The molecule has 11 nitrogen and oxygen atoms in total. The SMILES string of the molecule is C=C(C(=O)O)C(C)OC(=O)Nc1cc2cc3c(nc2cc1F)-c1cc2c(c(=O)n1C3)COC(=O)[C@]2(O)CC. The van der Waals surface area contributed by atoms with E-state index in [2.05, 4.69) is 16.9 Å². The first-order chi connectivity index (χ1) is 17.9. The number of carboxylic acid groups (broad SMARTS) is 1. The lowest BCUT2D eigenvalue weighted by Crippen LogP contribution is -2.44. The molecule has 3 N–H and O–H groups in total. The molecule has 1 unspecified atom stereocenters. The number of aliphatic carboxylic acids is 1. The highest BCUT2D eigenvalue weighted by Crippen LogP contribution is 2.39. The average molecular weight is 523 g/mol. The third kappa shape index (κ3) is 3.80. The van der Waals surface area contributed by atoms with Gasteiger partial charge in [0.25, 0.3) is 5.56 Å². The number of nitrogens with zero attached hydrogens (tertiary/aromatic N) is 2. The zero-order valence-electron chi connectivity index (χ0n) is 20.3. The van der Waals surface area contributed by atoms with Crippen LogP contribution in [0.4, 0.5) is 14.9 Å². The van der Waals surface area contributed by atoms with Gasteiger partial charge in [0.05, 0.1) is 40.3 Å². The van der Waals surface area contributed by atoms with Gasteiger partial charge in [0.15, 0.2) is 5.60 Å². The molecule has 0 fully saturated rings. The lowest BCUT2D eigenvalue weighted by Gasteiger charge is -2.31. The Hall–Kier alpha value is -4.58. The van der Waals surface area contributed by atoms with E-state index in [9.17, 15) is 28.7 Å². The van der Waals surface area contributed by atoms with Crippen molar-refractivity contribution in [3.05, 3.63) is 69.3 Å². The third-order valence-corrected chi connectivity index (χ3v) is 6.88. The van der Waals surface area contributed by atoms with Gasteiger partial charge in [-0.25, -0.2) is 23.8 Å². The van der Waals surface area contributed by atoms with Gasteiger partial charge < -0.3 is 24.3 Å². The number of halogens is 1. The number of rotatable bonds is 5. The first kappa shape index (κ1) is 25.1. The summed E-state index contributed by atoms with van der Waals surface area (Å²) in [4.78, 5) is 53.3.